The minimum absolute atomic E-state index is 0.0287. The van der Waals surface area contributed by atoms with E-state index in [1.54, 1.807) is 0 Å². The molecule has 0 aliphatic heterocycles. The summed E-state index contributed by atoms with van der Waals surface area (Å²) in [5.74, 6) is -2.12. The lowest BCUT2D eigenvalue weighted by molar-refractivity contribution is -0.149. The fourth-order valence-corrected chi connectivity index (χ4v) is 1.19. The van der Waals surface area contributed by atoms with Crippen molar-refractivity contribution in [2.75, 3.05) is 37.1 Å². The second-order valence-corrected chi connectivity index (χ2v) is 4.34. The van der Waals surface area contributed by atoms with Crippen LogP contribution in [0.1, 0.15) is 0 Å². The average Bonchev–Trinajstić information content (AvgIpc) is 2.44. The average molecular weight is 328 g/mol. The molecule has 19 heavy (non-hydrogen) atoms. The third-order valence-electron chi connectivity index (χ3n) is 1.83. The van der Waals surface area contributed by atoms with Gasteiger partial charge in [-0.05, 0) is 0 Å². The lowest BCUT2D eigenvalue weighted by atomic mass is 10.2. The number of rotatable bonds is 9. The third kappa shape index (κ3) is 9.97. The number of carbonyl (C=O) groups is 3. The highest BCUT2D eigenvalue weighted by molar-refractivity contribution is 7.81. The summed E-state index contributed by atoms with van der Waals surface area (Å²) in [5.41, 5.74) is 0. The van der Waals surface area contributed by atoms with Gasteiger partial charge in [0.15, 0.2) is 0 Å². The molecule has 0 saturated carbocycles. The maximum absolute atomic E-state index is 11.0. The molecule has 0 saturated heterocycles. The lowest BCUT2D eigenvalue weighted by Crippen LogP contribution is -2.27. The minimum Gasteiger partial charge on any atom is -0.465 e. The van der Waals surface area contributed by atoms with Gasteiger partial charge in [0.2, 0.25) is 0 Å². The highest BCUT2D eigenvalue weighted by Gasteiger charge is 2.16. The van der Waals surface area contributed by atoms with Crippen LogP contribution < -0.4 is 0 Å². The molecule has 0 aliphatic rings. The van der Waals surface area contributed by atoms with Gasteiger partial charge in [0.1, 0.15) is 19.8 Å². The highest BCUT2D eigenvalue weighted by atomic mass is 32.1. The van der Waals surface area contributed by atoms with Crippen molar-refractivity contribution in [1.29, 1.82) is 0 Å². The Labute approximate surface area is 127 Å². The molecule has 6 nitrogen and oxygen atoms in total. The summed E-state index contributed by atoms with van der Waals surface area (Å²) in [5, 5.41) is 0. The molecular formula is C10H16O6S3. The molecule has 0 aromatic carbocycles. The number of esters is 3. The molecule has 0 heterocycles. The molecule has 0 radical (unpaired) electrons. The molecule has 0 aromatic heterocycles. The van der Waals surface area contributed by atoms with Crippen molar-refractivity contribution in [1.82, 2.24) is 0 Å². The Morgan fingerprint density at radius 2 is 0.947 bits per heavy atom. The number of hydrogen-bond donors (Lipinski definition) is 3. The van der Waals surface area contributed by atoms with Crippen molar-refractivity contribution >= 4 is 55.8 Å². The highest BCUT2D eigenvalue weighted by Crippen LogP contribution is 2.03. The molecular weight excluding hydrogens is 312 g/mol. The molecule has 0 fully saturated rings. The summed E-state index contributed by atoms with van der Waals surface area (Å²) < 4.78 is 14.5. The van der Waals surface area contributed by atoms with E-state index in [1.165, 1.54) is 0 Å². The second kappa shape index (κ2) is 11.3. The van der Waals surface area contributed by atoms with Crippen LogP contribution in [-0.4, -0.2) is 55.0 Å². The van der Waals surface area contributed by atoms with E-state index in [4.69, 9.17) is 14.2 Å². The van der Waals surface area contributed by atoms with Crippen molar-refractivity contribution in [2.24, 2.45) is 5.92 Å². The smallest absolute Gasteiger partial charge is 0.315 e. The molecule has 0 aromatic rings. The number of hydrogen-bond acceptors (Lipinski definition) is 9. The quantitative estimate of drug-likeness (QED) is 0.315. The molecule has 0 amide bonds. The molecule has 9 heteroatoms. The summed E-state index contributed by atoms with van der Waals surface area (Å²) in [4.78, 5) is 32.9. The van der Waals surface area contributed by atoms with Crippen LogP contribution >= 0.6 is 37.9 Å². The van der Waals surface area contributed by atoms with Crippen LogP contribution in [0.25, 0.3) is 0 Å². The Hall–Kier alpha value is -0.540. The van der Waals surface area contributed by atoms with Crippen LogP contribution in [0.4, 0.5) is 0 Å². The summed E-state index contributed by atoms with van der Waals surface area (Å²) in [6.07, 6.45) is 0. The van der Waals surface area contributed by atoms with Gasteiger partial charge in [0, 0.05) is 0 Å². The van der Waals surface area contributed by atoms with E-state index in [2.05, 4.69) is 37.9 Å². The zero-order valence-electron chi connectivity index (χ0n) is 10.1. The predicted octanol–water partition coefficient (Wildman–Crippen LogP) is 0.0216. The van der Waals surface area contributed by atoms with Gasteiger partial charge >= 0.3 is 17.9 Å². The molecule has 110 valence electrons. The van der Waals surface area contributed by atoms with Crippen LogP contribution in [0.3, 0.4) is 0 Å². The first-order valence-electron chi connectivity index (χ1n) is 5.32. The van der Waals surface area contributed by atoms with E-state index in [1.807, 2.05) is 0 Å². The van der Waals surface area contributed by atoms with Crippen molar-refractivity contribution in [3.05, 3.63) is 0 Å². The second-order valence-electron chi connectivity index (χ2n) is 3.39. The van der Waals surface area contributed by atoms with Gasteiger partial charge in [0.05, 0.1) is 23.2 Å². The van der Waals surface area contributed by atoms with Gasteiger partial charge in [-0.3, -0.25) is 14.4 Å². The summed E-state index contributed by atoms with van der Waals surface area (Å²) in [6.45, 7) is -0.0860. The van der Waals surface area contributed by atoms with Crippen molar-refractivity contribution in [3.8, 4) is 0 Å². The van der Waals surface area contributed by atoms with Crippen molar-refractivity contribution in [2.45, 2.75) is 0 Å². The van der Waals surface area contributed by atoms with Crippen LogP contribution in [0, 0.1) is 5.92 Å². The van der Waals surface area contributed by atoms with E-state index in [-0.39, 0.29) is 37.1 Å². The first kappa shape index (κ1) is 18.5. The summed E-state index contributed by atoms with van der Waals surface area (Å²) in [6, 6.07) is 0. The Bertz CT molecular complexity index is 262. The monoisotopic (exact) mass is 328 g/mol. The summed E-state index contributed by atoms with van der Waals surface area (Å²) >= 11 is 11.3. The third-order valence-corrected chi connectivity index (χ3v) is 2.60. The number of ether oxygens (including phenoxy) is 3. The van der Waals surface area contributed by atoms with Crippen LogP contribution in [-0.2, 0) is 28.6 Å². The Balaban J connectivity index is 4.16. The molecule has 0 spiro atoms. The molecule has 0 aliphatic carbocycles. The van der Waals surface area contributed by atoms with Crippen LogP contribution in [0.15, 0.2) is 0 Å². The first-order valence-corrected chi connectivity index (χ1v) is 7.22. The topological polar surface area (TPSA) is 78.9 Å². The molecule has 0 bridgehead atoms. The van der Waals surface area contributed by atoms with Gasteiger partial charge < -0.3 is 14.2 Å². The molecule has 0 rings (SSSR count). The van der Waals surface area contributed by atoms with E-state index >= 15 is 0 Å². The van der Waals surface area contributed by atoms with E-state index in [0.29, 0.717) is 0 Å². The molecule has 0 N–H and O–H groups in total. The van der Waals surface area contributed by atoms with Gasteiger partial charge in [-0.1, -0.05) is 0 Å². The van der Waals surface area contributed by atoms with Crippen LogP contribution in [0.5, 0.6) is 0 Å². The van der Waals surface area contributed by atoms with Gasteiger partial charge in [-0.15, -0.1) is 0 Å². The normalized spacial score (nSPS) is 10.1. The van der Waals surface area contributed by atoms with E-state index < -0.39 is 23.8 Å². The van der Waals surface area contributed by atoms with Gasteiger partial charge in [0.25, 0.3) is 0 Å². The SMILES string of the molecule is O=C(CS)OCC(COC(=O)CS)COC(=O)CS. The summed E-state index contributed by atoms with van der Waals surface area (Å²) in [7, 11) is 0. The predicted molar refractivity (Wildman–Crippen MR) is 77.9 cm³/mol. The molecule has 0 atom stereocenters. The Morgan fingerprint density at radius 3 is 1.16 bits per heavy atom. The minimum atomic E-state index is -0.505. The van der Waals surface area contributed by atoms with Crippen molar-refractivity contribution < 1.29 is 28.6 Å². The Kier molecular flexibility index (Phi) is 11.0. The zero-order chi connectivity index (χ0) is 14.7. The van der Waals surface area contributed by atoms with E-state index in [9.17, 15) is 14.4 Å². The Morgan fingerprint density at radius 1 is 0.684 bits per heavy atom. The van der Waals surface area contributed by atoms with E-state index in [0.717, 1.165) is 0 Å². The number of carbonyl (C=O) groups excluding carboxylic acids is 3. The lowest BCUT2D eigenvalue weighted by Gasteiger charge is -2.16. The maximum Gasteiger partial charge on any atom is 0.315 e. The maximum atomic E-state index is 11.0. The fourth-order valence-electron chi connectivity index (χ4n) is 0.914. The standard InChI is InChI=1S/C10H16O6S3/c11-8(4-17)14-1-7(2-15-9(12)5-18)3-16-10(13)6-19/h7,17-19H,1-6H2. The van der Waals surface area contributed by atoms with Crippen LogP contribution in [0.2, 0.25) is 0 Å². The largest absolute Gasteiger partial charge is 0.465 e. The van der Waals surface area contributed by atoms with Gasteiger partial charge in [-0.2, -0.15) is 37.9 Å². The van der Waals surface area contributed by atoms with Crippen molar-refractivity contribution in [3.63, 3.8) is 0 Å². The first-order chi connectivity index (χ1) is 9.03. The number of thiol groups is 3. The fraction of sp³-hybridized carbons (Fsp3) is 0.700. The zero-order valence-corrected chi connectivity index (χ0v) is 12.8. The van der Waals surface area contributed by atoms with Gasteiger partial charge in [-0.25, -0.2) is 0 Å². The molecule has 0 unspecified atom stereocenters.